The van der Waals surface area contributed by atoms with Gasteiger partial charge in [-0.05, 0) is 24.5 Å². The third-order valence-electron chi connectivity index (χ3n) is 2.69. The van der Waals surface area contributed by atoms with Gasteiger partial charge in [0.1, 0.15) is 0 Å². The Hall–Kier alpha value is -1.06. The van der Waals surface area contributed by atoms with E-state index in [0.29, 0.717) is 6.54 Å². The van der Waals surface area contributed by atoms with Gasteiger partial charge in [0.25, 0.3) is 0 Å². The second-order valence-corrected chi connectivity index (χ2v) is 4.11. The fourth-order valence-electron chi connectivity index (χ4n) is 1.97. The number of fused-ring (bicyclic) bond motifs is 1. The van der Waals surface area contributed by atoms with Crippen LogP contribution in [0.2, 0.25) is 0 Å². The summed E-state index contributed by atoms with van der Waals surface area (Å²) in [7, 11) is 0. The molecule has 2 rings (SSSR count). The van der Waals surface area contributed by atoms with E-state index in [4.69, 9.17) is 5.11 Å². The van der Waals surface area contributed by atoms with Gasteiger partial charge in [-0.1, -0.05) is 18.2 Å². The number of rotatable bonds is 4. The number of nitrogens with one attached hydrogen (secondary N) is 2. The number of hydrogen-bond acceptors (Lipinski definition) is 3. The molecule has 15 heavy (non-hydrogen) atoms. The normalized spacial score (nSPS) is 15.9. The van der Waals surface area contributed by atoms with Crippen LogP contribution in [-0.4, -0.2) is 24.3 Å². The zero-order chi connectivity index (χ0) is 10.7. The minimum Gasteiger partial charge on any atom is -0.392 e. The molecule has 1 atom stereocenters. The average molecular weight is 206 g/mol. The van der Waals surface area contributed by atoms with Crippen molar-refractivity contribution in [1.82, 2.24) is 5.32 Å². The third kappa shape index (κ3) is 2.49. The van der Waals surface area contributed by atoms with E-state index >= 15 is 0 Å². The topological polar surface area (TPSA) is 44.3 Å². The first kappa shape index (κ1) is 10.5. The zero-order valence-corrected chi connectivity index (χ0v) is 9.09. The van der Waals surface area contributed by atoms with Crippen molar-refractivity contribution in [3.05, 3.63) is 29.3 Å². The Morgan fingerprint density at radius 3 is 3.20 bits per heavy atom. The van der Waals surface area contributed by atoms with Crippen LogP contribution >= 0.6 is 0 Å². The number of aliphatic hydroxyl groups excluding tert-OH is 1. The molecule has 1 aromatic rings. The van der Waals surface area contributed by atoms with Crippen LogP contribution in [0.15, 0.2) is 18.2 Å². The van der Waals surface area contributed by atoms with Gasteiger partial charge in [-0.15, -0.1) is 0 Å². The van der Waals surface area contributed by atoms with Crippen LogP contribution in [0, 0.1) is 0 Å². The van der Waals surface area contributed by atoms with E-state index in [2.05, 4.69) is 28.8 Å². The Labute approximate surface area is 90.5 Å². The highest BCUT2D eigenvalue weighted by Crippen LogP contribution is 2.25. The Bertz CT molecular complexity index is 336. The lowest BCUT2D eigenvalue weighted by Crippen LogP contribution is -2.24. The number of benzene rings is 1. The maximum absolute atomic E-state index is 9.15. The van der Waals surface area contributed by atoms with Gasteiger partial charge < -0.3 is 15.7 Å². The largest absolute Gasteiger partial charge is 0.392 e. The predicted octanol–water partition coefficient (Wildman–Crippen LogP) is 1.13. The molecule has 0 spiro atoms. The smallest absolute Gasteiger partial charge is 0.0636 e. The van der Waals surface area contributed by atoms with Gasteiger partial charge >= 0.3 is 0 Å². The molecule has 3 N–H and O–H groups in total. The molecule has 0 bridgehead atoms. The highest BCUT2D eigenvalue weighted by Gasteiger charge is 2.12. The average Bonchev–Trinajstić information content (AvgIpc) is 2.65. The SMILES string of the molecule is C[C@@H](O)CNCc1cccc2c1NCC2. The lowest BCUT2D eigenvalue weighted by Gasteiger charge is -2.11. The Balaban J connectivity index is 2.00. The molecule has 0 fully saturated rings. The predicted molar refractivity (Wildman–Crippen MR) is 62.0 cm³/mol. The number of para-hydroxylation sites is 1. The van der Waals surface area contributed by atoms with Crippen molar-refractivity contribution >= 4 is 5.69 Å². The first-order chi connectivity index (χ1) is 7.27. The molecule has 0 unspecified atom stereocenters. The molecule has 1 aliphatic heterocycles. The van der Waals surface area contributed by atoms with Crippen molar-refractivity contribution in [2.75, 3.05) is 18.4 Å². The van der Waals surface area contributed by atoms with Crippen LogP contribution in [-0.2, 0) is 13.0 Å². The molecule has 1 aliphatic rings. The molecule has 0 aliphatic carbocycles. The van der Waals surface area contributed by atoms with E-state index in [-0.39, 0.29) is 6.10 Å². The fraction of sp³-hybridized carbons (Fsp3) is 0.500. The van der Waals surface area contributed by atoms with E-state index in [1.54, 1.807) is 6.92 Å². The van der Waals surface area contributed by atoms with Gasteiger partial charge in [-0.25, -0.2) is 0 Å². The summed E-state index contributed by atoms with van der Waals surface area (Å²) in [4.78, 5) is 0. The first-order valence-electron chi connectivity index (χ1n) is 5.51. The quantitative estimate of drug-likeness (QED) is 0.692. The Morgan fingerprint density at radius 2 is 2.40 bits per heavy atom. The molecule has 3 heteroatoms. The third-order valence-corrected chi connectivity index (χ3v) is 2.69. The molecule has 1 heterocycles. The van der Waals surface area contributed by atoms with Crippen LogP contribution < -0.4 is 10.6 Å². The Morgan fingerprint density at radius 1 is 1.53 bits per heavy atom. The molecule has 82 valence electrons. The van der Waals surface area contributed by atoms with Crippen LogP contribution in [0.4, 0.5) is 5.69 Å². The summed E-state index contributed by atoms with van der Waals surface area (Å²) in [5.74, 6) is 0. The van der Waals surface area contributed by atoms with E-state index in [9.17, 15) is 0 Å². The van der Waals surface area contributed by atoms with Crippen molar-refractivity contribution in [2.24, 2.45) is 0 Å². The van der Waals surface area contributed by atoms with Crippen LogP contribution in [0.25, 0.3) is 0 Å². The molecular formula is C12H18N2O. The van der Waals surface area contributed by atoms with Gasteiger partial charge in [-0.2, -0.15) is 0 Å². The summed E-state index contributed by atoms with van der Waals surface area (Å²) in [5, 5.41) is 15.8. The first-order valence-corrected chi connectivity index (χ1v) is 5.51. The van der Waals surface area contributed by atoms with Crippen molar-refractivity contribution in [3.8, 4) is 0 Å². The lowest BCUT2D eigenvalue weighted by atomic mass is 10.1. The van der Waals surface area contributed by atoms with Gasteiger partial charge in [-0.3, -0.25) is 0 Å². The minimum absolute atomic E-state index is 0.283. The van der Waals surface area contributed by atoms with E-state index < -0.39 is 0 Å². The second-order valence-electron chi connectivity index (χ2n) is 4.11. The molecule has 0 radical (unpaired) electrons. The zero-order valence-electron chi connectivity index (χ0n) is 9.09. The summed E-state index contributed by atoms with van der Waals surface area (Å²) in [6.45, 7) is 4.30. The summed E-state index contributed by atoms with van der Waals surface area (Å²) in [6, 6.07) is 6.41. The molecule has 0 aromatic heterocycles. The van der Waals surface area contributed by atoms with E-state index in [0.717, 1.165) is 19.5 Å². The highest BCUT2D eigenvalue weighted by molar-refractivity contribution is 5.61. The van der Waals surface area contributed by atoms with Gasteiger partial charge in [0, 0.05) is 25.3 Å². The maximum atomic E-state index is 9.15. The van der Waals surface area contributed by atoms with E-state index in [1.165, 1.54) is 16.8 Å². The second kappa shape index (κ2) is 4.64. The lowest BCUT2D eigenvalue weighted by molar-refractivity contribution is 0.191. The van der Waals surface area contributed by atoms with Crippen molar-refractivity contribution in [1.29, 1.82) is 0 Å². The number of hydrogen-bond donors (Lipinski definition) is 3. The van der Waals surface area contributed by atoms with Crippen LogP contribution in [0.3, 0.4) is 0 Å². The summed E-state index contributed by atoms with van der Waals surface area (Å²) in [5.41, 5.74) is 3.99. The summed E-state index contributed by atoms with van der Waals surface area (Å²) >= 11 is 0. The van der Waals surface area contributed by atoms with Gasteiger partial charge in [0.2, 0.25) is 0 Å². The number of aliphatic hydroxyl groups is 1. The molecule has 1 aromatic carbocycles. The monoisotopic (exact) mass is 206 g/mol. The fourth-order valence-corrected chi connectivity index (χ4v) is 1.97. The maximum Gasteiger partial charge on any atom is 0.0636 e. The summed E-state index contributed by atoms with van der Waals surface area (Å²) < 4.78 is 0. The highest BCUT2D eigenvalue weighted by atomic mass is 16.3. The standard InChI is InChI=1S/C12H18N2O/c1-9(15)7-13-8-11-4-2-3-10-5-6-14-12(10)11/h2-4,9,13-15H,5-8H2,1H3/t9-/m1/s1. The summed E-state index contributed by atoms with van der Waals surface area (Å²) in [6.07, 6.45) is 0.842. The molecule has 0 saturated carbocycles. The molecule has 0 amide bonds. The van der Waals surface area contributed by atoms with Crippen LogP contribution in [0.1, 0.15) is 18.1 Å². The molecular weight excluding hydrogens is 188 g/mol. The van der Waals surface area contributed by atoms with E-state index in [1.807, 2.05) is 0 Å². The Kier molecular flexibility index (Phi) is 3.23. The van der Waals surface area contributed by atoms with Gasteiger partial charge in [0.05, 0.1) is 6.10 Å². The van der Waals surface area contributed by atoms with Crippen molar-refractivity contribution in [2.45, 2.75) is 26.0 Å². The van der Waals surface area contributed by atoms with Crippen molar-refractivity contribution in [3.63, 3.8) is 0 Å². The van der Waals surface area contributed by atoms with Crippen LogP contribution in [0.5, 0.6) is 0 Å². The minimum atomic E-state index is -0.283. The van der Waals surface area contributed by atoms with Crippen molar-refractivity contribution < 1.29 is 5.11 Å². The molecule has 3 nitrogen and oxygen atoms in total. The number of anilines is 1. The molecule has 0 saturated heterocycles. The van der Waals surface area contributed by atoms with Gasteiger partial charge in [0.15, 0.2) is 0 Å².